The molecule has 2 atom stereocenters. The number of hydrogen-bond donors (Lipinski definition) is 1. The van der Waals surface area contributed by atoms with Crippen molar-refractivity contribution in [3.8, 4) is 0 Å². The van der Waals surface area contributed by atoms with Gasteiger partial charge in [-0.1, -0.05) is 18.2 Å². The molecule has 1 aliphatic heterocycles. The average molecular weight is 248 g/mol. The molecular formula is C15H24N2O. The maximum absolute atomic E-state index is 6.02. The van der Waals surface area contributed by atoms with E-state index in [9.17, 15) is 0 Å². The molecule has 2 N–H and O–H groups in total. The van der Waals surface area contributed by atoms with Gasteiger partial charge in [0.2, 0.25) is 0 Å². The van der Waals surface area contributed by atoms with Gasteiger partial charge in [0.05, 0.1) is 6.61 Å². The third kappa shape index (κ3) is 3.03. The van der Waals surface area contributed by atoms with Crippen LogP contribution in [0.1, 0.15) is 19.8 Å². The van der Waals surface area contributed by atoms with Crippen molar-refractivity contribution in [1.29, 1.82) is 0 Å². The molecule has 100 valence electrons. The molecule has 0 bridgehead atoms. The molecule has 0 aromatic heterocycles. The zero-order chi connectivity index (χ0) is 12.8. The third-order valence-electron chi connectivity index (χ3n) is 3.81. The van der Waals surface area contributed by atoms with Crippen LogP contribution in [-0.4, -0.2) is 32.3 Å². The molecule has 1 fully saturated rings. The first-order valence-corrected chi connectivity index (χ1v) is 6.96. The highest BCUT2D eigenvalue weighted by Crippen LogP contribution is 2.25. The molecule has 0 aliphatic carbocycles. The topological polar surface area (TPSA) is 38.5 Å². The van der Waals surface area contributed by atoms with Crippen LogP contribution in [0.15, 0.2) is 30.3 Å². The maximum Gasteiger partial charge on any atom is 0.0514 e. The Balaban J connectivity index is 2.13. The van der Waals surface area contributed by atoms with Gasteiger partial charge in [-0.2, -0.15) is 0 Å². The van der Waals surface area contributed by atoms with E-state index in [1.54, 1.807) is 0 Å². The third-order valence-corrected chi connectivity index (χ3v) is 3.81. The van der Waals surface area contributed by atoms with Crippen molar-refractivity contribution in [3.05, 3.63) is 30.3 Å². The summed E-state index contributed by atoms with van der Waals surface area (Å²) < 4.78 is 5.61. The zero-order valence-corrected chi connectivity index (χ0v) is 11.2. The molecule has 0 radical (unpaired) electrons. The van der Waals surface area contributed by atoms with Gasteiger partial charge in [-0.05, 0) is 31.9 Å². The van der Waals surface area contributed by atoms with Crippen LogP contribution in [-0.2, 0) is 4.74 Å². The highest BCUT2D eigenvalue weighted by Gasteiger charge is 2.27. The second-order valence-corrected chi connectivity index (χ2v) is 4.90. The van der Waals surface area contributed by atoms with Crippen molar-refractivity contribution in [1.82, 2.24) is 0 Å². The van der Waals surface area contributed by atoms with Crippen LogP contribution in [0, 0.1) is 5.92 Å². The number of nitrogens with zero attached hydrogens (tertiary/aromatic N) is 1. The number of benzene rings is 1. The molecule has 1 heterocycles. The van der Waals surface area contributed by atoms with Crippen LogP contribution in [0.3, 0.4) is 0 Å². The quantitative estimate of drug-likeness (QED) is 0.868. The van der Waals surface area contributed by atoms with Crippen molar-refractivity contribution < 1.29 is 4.74 Å². The summed E-state index contributed by atoms with van der Waals surface area (Å²) in [5, 5.41) is 0. The summed E-state index contributed by atoms with van der Waals surface area (Å²) in [5.74, 6) is 0.559. The number of anilines is 1. The van der Waals surface area contributed by atoms with Crippen LogP contribution >= 0.6 is 0 Å². The van der Waals surface area contributed by atoms with Gasteiger partial charge in [0, 0.05) is 37.3 Å². The summed E-state index contributed by atoms with van der Waals surface area (Å²) >= 11 is 0. The molecule has 1 aromatic carbocycles. The molecule has 0 amide bonds. The molecule has 3 nitrogen and oxygen atoms in total. The summed E-state index contributed by atoms with van der Waals surface area (Å²) in [7, 11) is 0. The second kappa shape index (κ2) is 6.76. The maximum atomic E-state index is 6.02. The summed E-state index contributed by atoms with van der Waals surface area (Å²) in [6.07, 6.45) is 2.39. The summed E-state index contributed by atoms with van der Waals surface area (Å²) in [4.78, 5) is 2.42. The Labute approximate surface area is 110 Å². The largest absolute Gasteiger partial charge is 0.381 e. The van der Waals surface area contributed by atoms with Gasteiger partial charge in [-0.3, -0.25) is 0 Å². The lowest BCUT2D eigenvalue weighted by Crippen LogP contribution is -2.48. The van der Waals surface area contributed by atoms with Crippen molar-refractivity contribution in [2.24, 2.45) is 11.7 Å². The first-order chi connectivity index (χ1) is 8.86. The SMILES string of the molecule is CCN(c1ccccc1)C(CN)C1CCCOC1. The summed E-state index contributed by atoms with van der Waals surface area (Å²) in [6, 6.07) is 10.9. The van der Waals surface area contributed by atoms with Gasteiger partial charge >= 0.3 is 0 Å². The minimum atomic E-state index is 0.387. The highest BCUT2D eigenvalue weighted by atomic mass is 16.5. The Kier molecular flexibility index (Phi) is 5.02. The number of rotatable bonds is 5. The number of ether oxygens (including phenoxy) is 1. The molecule has 2 unspecified atom stereocenters. The fourth-order valence-corrected chi connectivity index (χ4v) is 2.87. The standard InChI is InChI=1S/C15H24N2O/c1-2-17(14-8-4-3-5-9-14)15(11-16)13-7-6-10-18-12-13/h3-5,8-9,13,15H,2,6-7,10-12,16H2,1H3. The van der Waals surface area contributed by atoms with Crippen LogP contribution in [0.4, 0.5) is 5.69 Å². The lowest BCUT2D eigenvalue weighted by Gasteiger charge is -2.39. The molecule has 1 aliphatic rings. The fourth-order valence-electron chi connectivity index (χ4n) is 2.87. The predicted octanol–water partition coefficient (Wildman–Crippen LogP) is 2.27. The molecule has 3 heteroatoms. The molecule has 1 aromatic rings. The highest BCUT2D eigenvalue weighted by molar-refractivity contribution is 5.47. The van der Waals surface area contributed by atoms with E-state index in [1.165, 1.54) is 12.1 Å². The van der Waals surface area contributed by atoms with E-state index in [1.807, 2.05) is 0 Å². The van der Waals surface area contributed by atoms with Gasteiger partial charge in [0.1, 0.15) is 0 Å². The first kappa shape index (κ1) is 13.4. The second-order valence-electron chi connectivity index (χ2n) is 4.90. The zero-order valence-electron chi connectivity index (χ0n) is 11.2. The van der Waals surface area contributed by atoms with E-state index >= 15 is 0 Å². The number of nitrogens with two attached hydrogens (primary N) is 1. The van der Waals surface area contributed by atoms with E-state index in [0.29, 0.717) is 18.5 Å². The van der Waals surface area contributed by atoms with E-state index in [4.69, 9.17) is 10.5 Å². The number of hydrogen-bond acceptors (Lipinski definition) is 3. The fraction of sp³-hybridized carbons (Fsp3) is 0.600. The molecule has 0 saturated carbocycles. The van der Waals surface area contributed by atoms with E-state index in [2.05, 4.69) is 42.2 Å². The van der Waals surface area contributed by atoms with Crippen LogP contribution < -0.4 is 10.6 Å². The minimum Gasteiger partial charge on any atom is -0.381 e. The molecule has 18 heavy (non-hydrogen) atoms. The van der Waals surface area contributed by atoms with Gasteiger partial charge in [0.15, 0.2) is 0 Å². The summed E-state index contributed by atoms with van der Waals surface area (Å²) in [5.41, 5.74) is 7.29. The van der Waals surface area contributed by atoms with Crippen molar-refractivity contribution in [2.75, 3.05) is 31.2 Å². The predicted molar refractivity (Wildman–Crippen MR) is 75.8 cm³/mol. The van der Waals surface area contributed by atoms with Gasteiger partial charge in [-0.15, -0.1) is 0 Å². The molecule has 2 rings (SSSR count). The van der Waals surface area contributed by atoms with Crippen molar-refractivity contribution in [2.45, 2.75) is 25.8 Å². The van der Waals surface area contributed by atoms with Crippen LogP contribution in [0.2, 0.25) is 0 Å². The Morgan fingerprint density at radius 1 is 1.39 bits per heavy atom. The lowest BCUT2D eigenvalue weighted by molar-refractivity contribution is 0.0448. The van der Waals surface area contributed by atoms with Gasteiger partial charge < -0.3 is 15.4 Å². The molecule has 0 spiro atoms. The summed E-state index contributed by atoms with van der Waals surface area (Å²) in [6.45, 7) is 5.63. The normalized spacial score (nSPS) is 21.6. The Morgan fingerprint density at radius 2 is 2.17 bits per heavy atom. The Hall–Kier alpha value is -1.06. The Bertz CT molecular complexity index is 336. The van der Waals surface area contributed by atoms with Crippen LogP contribution in [0.5, 0.6) is 0 Å². The number of likely N-dealkylation sites (N-methyl/N-ethyl adjacent to an activating group) is 1. The number of para-hydroxylation sites is 1. The molecule has 1 saturated heterocycles. The smallest absolute Gasteiger partial charge is 0.0514 e. The van der Waals surface area contributed by atoms with Crippen LogP contribution in [0.25, 0.3) is 0 Å². The monoisotopic (exact) mass is 248 g/mol. The average Bonchev–Trinajstić information content (AvgIpc) is 2.46. The van der Waals surface area contributed by atoms with E-state index in [-0.39, 0.29) is 0 Å². The van der Waals surface area contributed by atoms with E-state index < -0.39 is 0 Å². The van der Waals surface area contributed by atoms with Crippen molar-refractivity contribution >= 4 is 5.69 Å². The van der Waals surface area contributed by atoms with Crippen molar-refractivity contribution in [3.63, 3.8) is 0 Å². The minimum absolute atomic E-state index is 0.387. The van der Waals surface area contributed by atoms with Gasteiger partial charge in [0.25, 0.3) is 0 Å². The Morgan fingerprint density at radius 3 is 2.72 bits per heavy atom. The first-order valence-electron chi connectivity index (χ1n) is 6.96. The molecular weight excluding hydrogens is 224 g/mol. The lowest BCUT2D eigenvalue weighted by atomic mass is 9.92. The van der Waals surface area contributed by atoms with Gasteiger partial charge in [-0.25, -0.2) is 0 Å². The van der Waals surface area contributed by atoms with E-state index in [0.717, 1.165) is 26.2 Å².